The van der Waals surface area contributed by atoms with Gasteiger partial charge in [0.2, 0.25) is 0 Å². The lowest BCUT2D eigenvalue weighted by Crippen LogP contribution is -1.94. The molecule has 0 N–H and O–H groups in total. The molecule has 0 radical (unpaired) electrons. The van der Waals surface area contributed by atoms with Gasteiger partial charge in [0, 0.05) is 22.7 Å². The van der Waals surface area contributed by atoms with E-state index in [0.717, 1.165) is 18.2 Å². The highest BCUT2D eigenvalue weighted by Gasteiger charge is 2.16. The van der Waals surface area contributed by atoms with Crippen LogP contribution in [0.5, 0.6) is 0 Å². The summed E-state index contributed by atoms with van der Waals surface area (Å²) in [6.07, 6.45) is 0. The third-order valence-electron chi connectivity index (χ3n) is 1.64. The van der Waals surface area contributed by atoms with Gasteiger partial charge in [0.05, 0.1) is 15.9 Å². The van der Waals surface area contributed by atoms with Crippen LogP contribution in [0.15, 0.2) is 24.8 Å². The van der Waals surface area contributed by atoms with Crippen LogP contribution in [-0.4, -0.2) is 9.85 Å². The lowest BCUT2D eigenvalue weighted by atomic mass is 10.2. The van der Waals surface area contributed by atoms with Gasteiger partial charge in [-0.3, -0.25) is 20.2 Å². The minimum atomic E-state index is -0.726. The van der Waals surface area contributed by atoms with Crippen LogP contribution in [0.25, 0.3) is 5.03 Å². The smallest absolute Gasteiger partial charge is 0.258 e. The molecule has 0 unspecified atom stereocenters. The molecule has 0 bridgehead atoms. The Morgan fingerprint density at radius 3 is 1.80 bits per heavy atom. The van der Waals surface area contributed by atoms with Gasteiger partial charge in [0.15, 0.2) is 0 Å². The number of hydrogen-bond donors (Lipinski definition) is 0. The molecule has 0 saturated carbocycles. The molecule has 6 nitrogen and oxygen atoms in total. The standard InChI is InChI=1S/C8H5ClN2O4/c1-5(9)6-2-7(10(12)13)4-8(3-6)11(14)15/h2-4H,1H2. The van der Waals surface area contributed by atoms with Gasteiger partial charge in [-0.1, -0.05) is 18.2 Å². The van der Waals surface area contributed by atoms with E-state index in [0.29, 0.717) is 0 Å². The highest BCUT2D eigenvalue weighted by atomic mass is 35.5. The van der Waals surface area contributed by atoms with Gasteiger partial charge in [-0.15, -0.1) is 0 Å². The lowest BCUT2D eigenvalue weighted by molar-refractivity contribution is -0.394. The topological polar surface area (TPSA) is 86.3 Å². The molecule has 15 heavy (non-hydrogen) atoms. The highest BCUT2D eigenvalue weighted by molar-refractivity contribution is 6.48. The lowest BCUT2D eigenvalue weighted by Gasteiger charge is -1.98. The summed E-state index contributed by atoms with van der Waals surface area (Å²) in [6, 6.07) is 3.12. The summed E-state index contributed by atoms with van der Waals surface area (Å²) in [6.45, 7) is 3.35. The zero-order chi connectivity index (χ0) is 11.6. The average Bonchev–Trinajstić information content (AvgIpc) is 2.16. The van der Waals surface area contributed by atoms with Crippen LogP contribution in [0.4, 0.5) is 11.4 Å². The SMILES string of the molecule is C=C(Cl)c1cc([N+](=O)[O-])cc([N+](=O)[O-])c1. The second-order valence-corrected chi connectivity index (χ2v) is 3.11. The van der Waals surface area contributed by atoms with E-state index in [2.05, 4.69) is 6.58 Å². The average molecular weight is 229 g/mol. The van der Waals surface area contributed by atoms with Gasteiger partial charge in [-0.2, -0.15) is 0 Å². The van der Waals surface area contributed by atoms with Crippen LogP contribution < -0.4 is 0 Å². The molecule has 7 heteroatoms. The monoisotopic (exact) mass is 228 g/mol. The molecule has 0 aliphatic rings. The van der Waals surface area contributed by atoms with Crippen molar-refractivity contribution in [2.24, 2.45) is 0 Å². The van der Waals surface area contributed by atoms with Gasteiger partial charge < -0.3 is 0 Å². The number of hydrogen-bond acceptors (Lipinski definition) is 4. The first kappa shape index (κ1) is 11.1. The maximum Gasteiger partial charge on any atom is 0.276 e. The van der Waals surface area contributed by atoms with Crippen LogP contribution in [0.3, 0.4) is 0 Å². The third kappa shape index (κ3) is 2.50. The summed E-state index contributed by atoms with van der Waals surface area (Å²) in [7, 11) is 0. The van der Waals surface area contributed by atoms with Gasteiger partial charge in [0.25, 0.3) is 11.4 Å². The Kier molecular flexibility index (Phi) is 3.01. The molecule has 0 aromatic heterocycles. The Labute approximate surface area is 89.1 Å². The first-order chi connectivity index (χ1) is 6.91. The van der Waals surface area contributed by atoms with Crippen molar-refractivity contribution in [1.82, 2.24) is 0 Å². The van der Waals surface area contributed by atoms with E-state index in [1.807, 2.05) is 0 Å². The molecule has 78 valence electrons. The fourth-order valence-electron chi connectivity index (χ4n) is 0.963. The molecule has 0 fully saturated rings. The largest absolute Gasteiger partial charge is 0.276 e. The van der Waals surface area contributed by atoms with Crippen LogP contribution >= 0.6 is 11.6 Å². The fraction of sp³-hybridized carbons (Fsp3) is 0. The second kappa shape index (κ2) is 4.05. The van der Waals surface area contributed by atoms with Gasteiger partial charge >= 0.3 is 0 Å². The van der Waals surface area contributed by atoms with E-state index < -0.39 is 9.85 Å². The van der Waals surface area contributed by atoms with E-state index in [1.165, 1.54) is 0 Å². The highest BCUT2D eigenvalue weighted by Crippen LogP contribution is 2.27. The van der Waals surface area contributed by atoms with Crippen LogP contribution in [0, 0.1) is 20.2 Å². The summed E-state index contributed by atoms with van der Waals surface area (Å²) in [5.41, 5.74) is -0.612. The molecule has 0 aliphatic heterocycles. The molecule has 0 atom stereocenters. The van der Waals surface area contributed by atoms with Crippen molar-refractivity contribution < 1.29 is 9.85 Å². The summed E-state index contributed by atoms with van der Waals surface area (Å²) in [5.74, 6) is 0. The van der Waals surface area contributed by atoms with Crippen molar-refractivity contribution in [3.8, 4) is 0 Å². The van der Waals surface area contributed by atoms with Gasteiger partial charge in [0.1, 0.15) is 0 Å². The van der Waals surface area contributed by atoms with Crippen molar-refractivity contribution in [3.63, 3.8) is 0 Å². The first-order valence-electron chi connectivity index (χ1n) is 3.70. The van der Waals surface area contributed by atoms with Crippen LogP contribution in [0.1, 0.15) is 5.56 Å². The summed E-state index contributed by atoms with van der Waals surface area (Å²) < 4.78 is 0. The Morgan fingerprint density at radius 1 is 1.13 bits per heavy atom. The normalized spacial score (nSPS) is 9.67. The quantitative estimate of drug-likeness (QED) is 0.588. The first-order valence-corrected chi connectivity index (χ1v) is 4.08. The Balaban J connectivity index is 3.39. The van der Waals surface area contributed by atoms with Crippen molar-refractivity contribution in [3.05, 3.63) is 50.6 Å². The van der Waals surface area contributed by atoms with Crippen LogP contribution in [0.2, 0.25) is 0 Å². The molecular formula is C8H5ClN2O4. The second-order valence-electron chi connectivity index (χ2n) is 2.66. The maximum absolute atomic E-state index is 10.5. The minimum absolute atomic E-state index is 0.0156. The van der Waals surface area contributed by atoms with E-state index >= 15 is 0 Å². The molecule has 0 aliphatic carbocycles. The minimum Gasteiger partial charge on any atom is -0.258 e. The van der Waals surface area contributed by atoms with E-state index in [9.17, 15) is 20.2 Å². The molecule has 0 saturated heterocycles. The number of rotatable bonds is 3. The maximum atomic E-state index is 10.5. The zero-order valence-corrected chi connectivity index (χ0v) is 8.10. The molecule has 1 aromatic rings. The summed E-state index contributed by atoms with van der Waals surface area (Å²) in [4.78, 5) is 19.5. The Hall–Kier alpha value is -1.95. The Bertz CT molecular complexity index is 379. The van der Waals surface area contributed by atoms with Crippen molar-refractivity contribution >= 4 is 28.0 Å². The number of nitrogens with zero attached hydrogens (tertiary/aromatic N) is 2. The molecule has 0 amide bonds. The van der Waals surface area contributed by atoms with E-state index in [1.54, 1.807) is 0 Å². The number of halogens is 1. The summed E-state index contributed by atoms with van der Waals surface area (Å²) in [5, 5.41) is 20.9. The number of benzene rings is 1. The molecular weight excluding hydrogens is 224 g/mol. The van der Waals surface area contributed by atoms with E-state index in [-0.39, 0.29) is 22.0 Å². The third-order valence-corrected chi connectivity index (χ3v) is 1.86. The van der Waals surface area contributed by atoms with Crippen LogP contribution in [-0.2, 0) is 0 Å². The molecule has 0 heterocycles. The predicted molar refractivity (Wildman–Crippen MR) is 54.6 cm³/mol. The van der Waals surface area contributed by atoms with Crippen molar-refractivity contribution in [2.75, 3.05) is 0 Å². The molecule has 1 rings (SSSR count). The van der Waals surface area contributed by atoms with Crippen molar-refractivity contribution in [1.29, 1.82) is 0 Å². The van der Waals surface area contributed by atoms with E-state index in [4.69, 9.17) is 11.6 Å². The Morgan fingerprint density at radius 2 is 1.53 bits per heavy atom. The number of non-ortho nitro benzene ring substituents is 2. The predicted octanol–water partition coefficient (Wildman–Crippen LogP) is 2.71. The number of nitro groups is 2. The van der Waals surface area contributed by atoms with Gasteiger partial charge in [-0.25, -0.2) is 0 Å². The summed E-state index contributed by atoms with van der Waals surface area (Å²) >= 11 is 5.52. The van der Waals surface area contributed by atoms with Gasteiger partial charge in [-0.05, 0) is 0 Å². The fourth-order valence-corrected chi connectivity index (χ4v) is 1.07. The number of nitro benzene ring substituents is 2. The molecule has 0 spiro atoms. The zero-order valence-electron chi connectivity index (χ0n) is 7.34. The molecule has 1 aromatic carbocycles. The van der Waals surface area contributed by atoms with Crippen molar-refractivity contribution in [2.45, 2.75) is 0 Å².